The average molecular weight is 466 g/mol. The molecule has 2 heterocycles. The van der Waals surface area contributed by atoms with Gasteiger partial charge >= 0.3 is 0 Å². The second kappa shape index (κ2) is 13.4. The van der Waals surface area contributed by atoms with Crippen molar-refractivity contribution in [2.75, 3.05) is 18.8 Å². The molecular formula is C27H36FN5O. The minimum Gasteiger partial charge on any atom is -0.382 e. The van der Waals surface area contributed by atoms with Gasteiger partial charge in [-0.3, -0.25) is 4.79 Å². The van der Waals surface area contributed by atoms with Crippen molar-refractivity contribution in [2.24, 2.45) is 4.99 Å². The molecule has 1 amide bonds. The Morgan fingerprint density at radius 3 is 2.50 bits per heavy atom. The summed E-state index contributed by atoms with van der Waals surface area (Å²) in [6, 6.07) is 6.24. The molecule has 1 saturated heterocycles. The van der Waals surface area contributed by atoms with Gasteiger partial charge in [0.15, 0.2) is 5.82 Å². The summed E-state index contributed by atoms with van der Waals surface area (Å²) in [4.78, 5) is 27.8. The van der Waals surface area contributed by atoms with Crippen molar-refractivity contribution in [3.8, 4) is 11.8 Å². The molecule has 1 aliphatic rings. The van der Waals surface area contributed by atoms with Crippen LogP contribution in [0.4, 0.5) is 15.9 Å². The van der Waals surface area contributed by atoms with Gasteiger partial charge in [0.25, 0.3) is 5.91 Å². The SMILES string of the molecule is CC.CCC(C)c1nc(C#CC(=O)N2CCCCCC2)nc(N)c1N=C(C)c1cccc(F)c1. The van der Waals surface area contributed by atoms with Gasteiger partial charge in [-0.15, -0.1) is 0 Å². The normalized spacial score (nSPS) is 14.8. The summed E-state index contributed by atoms with van der Waals surface area (Å²) in [6.07, 6.45) is 5.12. The summed E-state index contributed by atoms with van der Waals surface area (Å²) in [5.41, 5.74) is 8.65. The van der Waals surface area contributed by atoms with E-state index in [1.54, 1.807) is 24.0 Å². The highest BCUT2D eigenvalue weighted by molar-refractivity contribution is 6.01. The number of aliphatic imine (C=N–C) groups is 1. The number of benzene rings is 1. The lowest BCUT2D eigenvalue weighted by molar-refractivity contribution is -0.125. The monoisotopic (exact) mass is 465 g/mol. The molecule has 0 saturated carbocycles. The highest BCUT2D eigenvalue weighted by Gasteiger charge is 2.18. The zero-order valence-electron chi connectivity index (χ0n) is 21.0. The predicted octanol–water partition coefficient (Wildman–Crippen LogP) is 5.63. The molecular weight excluding hydrogens is 429 g/mol. The van der Waals surface area contributed by atoms with Crippen molar-refractivity contribution in [3.63, 3.8) is 0 Å². The van der Waals surface area contributed by atoms with Crippen molar-refractivity contribution in [1.29, 1.82) is 0 Å². The minimum absolute atomic E-state index is 0.0567. The number of likely N-dealkylation sites (tertiary alicyclic amines) is 1. The van der Waals surface area contributed by atoms with E-state index in [4.69, 9.17) is 5.73 Å². The standard InChI is InChI=1S/C25H30FN5O.C2H6/c1-4-17(2)23-24(28-18(3)19-10-9-11-20(26)16-19)25(27)30-21(29-23)12-13-22(32)31-14-7-5-6-8-15-31;1-2/h9-11,16-17H,4-8,14-15H2,1-3H3,(H2,27,29,30);1-2H3. The van der Waals surface area contributed by atoms with Gasteiger partial charge in [-0.2, -0.15) is 0 Å². The third kappa shape index (κ3) is 7.38. The number of nitrogens with zero attached hydrogens (tertiary/aromatic N) is 4. The Morgan fingerprint density at radius 2 is 1.88 bits per heavy atom. The highest BCUT2D eigenvalue weighted by Crippen LogP contribution is 2.32. The van der Waals surface area contributed by atoms with Crippen LogP contribution >= 0.6 is 0 Å². The first-order chi connectivity index (χ1) is 16.4. The number of nitrogen functional groups attached to an aromatic ring is 1. The van der Waals surface area contributed by atoms with Gasteiger partial charge in [-0.1, -0.05) is 52.7 Å². The summed E-state index contributed by atoms with van der Waals surface area (Å²) in [5.74, 6) is 5.40. The van der Waals surface area contributed by atoms with E-state index in [9.17, 15) is 9.18 Å². The van der Waals surface area contributed by atoms with Crippen molar-refractivity contribution >= 4 is 23.1 Å². The summed E-state index contributed by atoms with van der Waals surface area (Å²) in [5, 5.41) is 0. The van der Waals surface area contributed by atoms with Gasteiger partial charge in [0.05, 0.1) is 5.69 Å². The maximum Gasteiger partial charge on any atom is 0.298 e. The van der Waals surface area contributed by atoms with E-state index in [1.807, 2.05) is 27.7 Å². The number of amides is 1. The van der Waals surface area contributed by atoms with Crippen molar-refractivity contribution < 1.29 is 9.18 Å². The molecule has 0 spiro atoms. The van der Waals surface area contributed by atoms with Gasteiger partial charge in [0, 0.05) is 30.6 Å². The van der Waals surface area contributed by atoms with Crippen molar-refractivity contribution in [1.82, 2.24) is 14.9 Å². The van der Waals surface area contributed by atoms with Gasteiger partial charge in [-0.25, -0.2) is 19.4 Å². The van der Waals surface area contributed by atoms with E-state index in [0.29, 0.717) is 22.7 Å². The average Bonchev–Trinajstić information content (AvgIpc) is 3.14. The van der Waals surface area contributed by atoms with Crippen LogP contribution in [0.1, 0.15) is 89.7 Å². The van der Waals surface area contributed by atoms with Gasteiger partial charge in [0.1, 0.15) is 11.5 Å². The molecule has 2 aromatic rings. The third-order valence-electron chi connectivity index (χ3n) is 5.71. The molecule has 0 radical (unpaired) electrons. The topological polar surface area (TPSA) is 84.5 Å². The van der Waals surface area contributed by atoms with Crippen LogP contribution in [0.25, 0.3) is 0 Å². The fourth-order valence-electron chi connectivity index (χ4n) is 3.61. The second-order valence-corrected chi connectivity index (χ2v) is 8.14. The number of hydrogen-bond acceptors (Lipinski definition) is 5. The van der Waals surface area contributed by atoms with Crippen LogP contribution in [-0.2, 0) is 4.79 Å². The van der Waals surface area contributed by atoms with E-state index in [0.717, 1.165) is 45.2 Å². The molecule has 1 aliphatic heterocycles. The Labute approximate surface area is 202 Å². The number of anilines is 1. The molecule has 0 bridgehead atoms. The van der Waals surface area contributed by atoms with Crippen LogP contribution in [0.5, 0.6) is 0 Å². The number of rotatable bonds is 4. The van der Waals surface area contributed by atoms with Crippen LogP contribution < -0.4 is 5.73 Å². The molecule has 7 heteroatoms. The van der Waals surface area contributed by atoms with E-state index in [1.165, 1.54) is 12.1 Å². The number of hydrogen-bond donors (Lipinski definition) is 1. The fraction of sp³-hybridized carbons (Fsp3) is 0.481. The van der Waals surface area contributed by atoms with E-state index >= 15 is 0 Å². The Morgan fingerprint density at radius 1 is 1.21 bits per heavy atom. The second-order valence-electron chi connectivity index (χ2n) is 8.14. The number of carbonyl (C=O) groups excluding carboxylic acids is 1. The molecule has 34 heavy (non-hydrogen) atoms. The van der Waals surface area contributed by atoms with Crippen LogP contribution in [0, 0.1) is 17.7 Å². The largest absolute Gasteiger partial charge is 0.382 e. The van der Waals surface area contributed by atoms with Gasteiger partial charge in [0.2, 0.25) is 5.82 Å². The molecule has 1 aromatic heterocycles. The number of nitrogens with two attached hydrogens (primary N) is 1. The number of carbonyl (C=O) groups is 1. The van der Waals surface area contributed by atoms with E-state index < -0.39 is 0 Å². The van der Waals surface area contributed by atoms with Crippen LogP contribution in [0.2, 0.25) is 0 Å². The molecule has 1 unspecified atom stereocenters. The van der Waals surface area contributed by atoms with Gasteiger partial charge < -0.3 is 10.6 Å². The lowest BCUT2D eigenvalue weighted by Gasteiger charge is -2.16. The van der Waals surface area contributed by atoms with Crippen LogP contribution in [-0.4, -0.2) is 39.6 Å². The summed E-state index contributed by atoms with van der Waals surface area (Å²) >= 11 is 0. The van der Waals surface area contributed by atoms with E-state index in [-0.39, 0.29) is 29.3 Å². The summed E-state index contributed by atoms with van der Waals surface area (Å²) in [7, 11) is 0. The van der Waals surface area contributed by atoms with Gasteiger partial charge in [-0.05, 0) is 49.8 Å². The molecule has 1 aromatic carbocycles. The number of aromatic nitrogens is 2. The summed E-state index contributed by atoms with van der Waals surface area (Å²) in [6.45, 7) is 11.3. The molecule has 0 aliphatic carbocycles. The first-order valence-corrected chi connectivity index (χ1v) is 12.2. The van der Waals surface area contributed by atoms with E-state index in [2.05, 4.69) is 26.8 Å². The lowest BCUT2D eigenvalue weighted by Crippen LogP contribution is -2.30. The van der Waals surface area contributed by atoms with Crippen LogP contribution in [0.3, 0.4) is 0 Å². The predicted molar refractivity (Wildman–Crippen MR) is 137 cm³/mol. The zero-order chi connectivity index (χ0) is 25.1. The van der Waals surface area contributed by atoms with Crippen LogP contribution in [0.15, 0.2) is 29.3 Å². The maximum atomic E-state index is 13.6. The zero-order valence-corrected chi connectivity index (χ0v) is 21.0. The molecule has 1 atom stereocenters. The van der Waals surface area contributed by atoms with Crippen molar-refractivity contribution in [3.05, 3.63) is 47.2 Å². The lowest BCUT2D eigenvalue weighted by atomic mass is 10.0. The quantitative estimate of drug-likeness (QED) is 0.468. The Kier molecular flexibility index (Phi) is 10.7. The molecule has 1 fully saturated rings. The highest BCUT2D eigenvalue weighted by atomic mass is 19.1. The first kappa shape index (κ1) is 27.0. The first-order valence-electron chi connectivity index (χ1n) is 12.2. The Balaban J connectivity index is 0.00000199. The maximum absolute atomic E-state index is 13.6. The molecule has 2 N–H and O–H groups in total. The minimum atomic E-state index is -0.330. The Hall–Kier alpha value is -3.27. The molecule has 3 rings (SSSR count). The fourth-order valence-corrected chi connectivity index (χ4v) is 3.61. The smallest absolute Gasteiger partial charge is 0.298 e. The molecule has 182 valence electrons. The van der Waals surface area contributed by atoms with Crippen molar-refractivity contribution in [2.45, 2.75) is 72.6 Å². The Bertz CT molecular complexity index is 1060. The molecule has 6 nitrogen and oxygen atoms in total. The third-order valence-corrected chi connectivity index (χ3v) is 5.71. The summed E-state index contributed by atoms with van der Waals surface area (Å²) < 4.78 is 13.6. The number of halogens is 1.